The molecule has 0 aliphatic carbocycles. The van der Waals surface area contributed by atoms with Crippen LogP contribution in [0.15, 0.2) is 60.8 Å². The molecule has 5 nitrogen and oxygen atoms in total. The molecule has 1 unspecified atom stereocenters. The van der Waals surface area contributed by atoms with Gasteiger partial charge in [0.15, 0.2) is 6.10 Å². The highest BCUT2D eigenvalue weighted by molar-refractivity contribution is 5.70. The van der Waals surface area contributed by atoms with Gasteiger partial charge in [0.1, 0.15) is 6.61 Å². The van der Waals surface area contributed by atoms with Crippen molar-refractivity contribution in [3.8, 4) is 0 Å². The Morgan fingerprint density at radius 1 is 0.523 bits per heavy atom. The molecular formula is C39H66O5. The summed E-state index contributed by atoms with van der Waals surface area (Å²) < 4.78 is 10.5. The van der Waals surface area contributed by atoms with E-state index in [1.807, 2.05) is 12.2 Å². The maximum Gasteiger partial charge on any atom is 0.306 e. The first-order valence-corrected chi connectivity index (χ1v) is 17.8. The van der Waals surface area contributed by atoms with Gasteiger partial charge in [0.2, 0.25) is 0 Å². The smallest absolute Gasteiger partial charge is 0.306 e. The van der Waals surface area contributed by atoms with Crippen molar-refractivity contribution in [1.29, 1.82) is 0 Å². The normalized spacial score (nSPS) is 12.9. The fourth-order valence-corrected chi connectivity index (χ4v) is 4.59. The number of allylic oxidation sites excluding steroid dienone is 10. The predicted molar refractivity (Wildman–Crippen MR) is 187 cm³/mol. The van der Waals surface area contributed by atoms with Crippen LogP contribution < -0.4 is 0 Å². The SMILES string of the molecule is CCCCCC=CCC=CCC=CCC=CCC=CCCC(=O)OCC(CO)OC(=O)CCCCCCCCCCCCC. The molecule has 5 heteroatoms. The van der Waals surface area contributed by atoms with E-state index < -0.39 is 6.10 Å². The van der Waals surface area contributed by atoms with Gasteiger partial charge in [-0.1, -0.05) is 152 Å². The van der Waals surface area contributed by atoms with Crippen LogP contribution in [0.4, 0.5) is 0 Å². The zero-order valence-corrected chi connectivity index (χ0v) is 28.4. The first-order chi connectivity index (χ1) is 21.6. The Hall–Kier alpha value is -2.40. The lowest BCUT2D eigenvalue weighted by molar-refractivity contribution is -0.161. The van der Waals surface area contributed by atoms with Gasteiger partial charge in [-0.2, -0.15) is 0 Å². The molecule has 0 rings (SSSR count). The minimum atomic E-state index is -0.799. The third kappa shape index (κ3) is 32.5. The molecule has 0 aromatic rings. The third-order valence-electron chi connectivity index (χ3n) is 7.33. The predicted octanol–water partition coefficient (Wildman–Crippen LogP) is 10.8. The monoisotopic (exact) mass is 614 g/mol. The Morgan fingerprint density at radius 3 is 1.45 bits per heavy atom. The lowest BCUT2D eigenvalue weighted by atomic mass is 10.1. The molecule has 0 heterocycles. The van der Waals surface area contributed by atoms with E-state index in [-0.39, 0.29) is 31.6 Å². The van der Waals surface area contributed by atoms with Gasteiger partial charge in [0.25, 0.3) is 0 Å². The average molecular weight is 615 g/mol. The van der Waals surface area contributed by atoms with Gasteiger partial charge in [-0.3, -0.25) is 9.59 Å². The lowest BCUT2D eigenvalue weighted by Gasteiger charge is -2.15. The van der Waals surface area contributed by atoms with Crippen molar-refractivity contribution in [2.75, 3.05) is 13.2 Å². The summed E-state index contributed by atoms with van der Waals surface area (Å²) in [4.78, 5) is 24.1. The molecule has 0 amide bonds. The van der Waals surface area contributed by atoms with Gasteiger partial charge in [0, 0.05) is 12.8 Å². The van der Waals surface area contributed by atoms with Crippen LogP contribution in [0.3, 0.4) is 0 Å². The Bertz CT molecular complexity index is 792. The second kappa shape index (κ2) is 35.1. The Labute approximate surface area is 271 Å². The number of carbonyl (C=O) groups excluding carboxylic acids is 2. The Kier molecular flexibility index (Phi) is 33.2. The van der Waals surface area contributed by atoms with E-state index in [1.165, 1.54) is 77.0 Å². The van der Waals surface area contributed by atoms with Crippen molar-refractivity contribution in [2.45, 2.75) is 161 Å². The molecule has 44 heavy (non-hydrogen) atoms. The summed E-state index contributed by atoms with van der Waals surface area (Å²) in [6.07, 6.45) is 44.3. The zero-order valence-electron chi connectivity index (χ0n) is 28.4. The van der Waals surface area contributed by atoms with Gasteiger partial charge >= 0.3 is 11.9 Å². The Balaban J connectivity index is 3.74. The molecule has 0 saturated heterocycles. The molecular weight excluding hydrogens is 548 g/mol. The topological polar surface area (TPSA) is 72.8 Å². The van der Waals surface area contributed by atoms with E-state index in [1.54, 1.807) is 0 Å². The fourth-order valence-electron chi connectivity index (χ4n) is 4.59. The zero-order chi connectivity index (χ0) is 32.2. The van der Waals surface area contributed by atoms with E-state index in [9.17, 15) is 14.7 Å². The number of esters is 2. The van der Waals surface area contributed by atoms with Crippen LogP contribution in [0.1, 0.15) is 155 Å². The van der Waals surface area contributed by atoms with Gasteiger partial charge in [-0.15, -0.1) is 0 Å². The third-order valence-corrected chi connectivity index (χ3v) is 7.33. The first kappa shape index (κ1) is 41.6. The van der Waals surface area contributed by atoms with E-state index in [2.05, 4.69) is 62.5 Å². The number of hydrogen-bond donors (Lipinski definition) is 1. The summed E-state index contributed by atoms with van der Waals surface area (Å²) in [6, 6.07) is 0. The van der Waals surface area contributed by atoms with Crippen LogP contribution in [0, 0.1) is 0 Å². The average Bonchev–Trinajstić information content (AvgIpc) is 3.02. The molecule has 0 aliphatic rings. The van der Waals surface area contributed by atoms with Gasteiger partial charge in [-0.05, 0) is 51.4 Å². The van der Waals surface area contributed by atoms with Crippen LogP contribution in [-0.4, -0.2) is 36.4 Å². The highest BCUT2D eigenvalue weighted by Crippen LogP contribution is 2.12. The molecule has 252 valence electrons. The minimum Gasteiger partial charge on any atom is -0.462 e. The van der Waals surface area contributed by atoms with E-state index in [0.717, 1.165) is 44.9 Å². The molecule has 1 N–H and O–H groups in total. The second-order valence-corrected chi connectivity index (χ2v) is 11.6. The van der Waals surface area contributed by atoms with Crippen molar-refractivity contribution in [2.24, 2.45) is 0 Å². The fraction of sp³-hybridized carbons (Fsp3) is 0.692. The molecule has 1 atom stereocenters. The van der Waals surface area contributed by atoms with Crippen LogP contribution in [0.2, 0.25) is 0 Å². The Morgan fingerprint density at radius 2 is 0.955 bits per heavy atom. The first-order valence-electron chi connectivity index (χ1n) is 17.8. The van der Waals surface area contributed by atoms with Crippen molar-refractivity contribution in [3.63, 3.8) is 0 Å². The van der Waals surface area contributed by atoms with Crippen molar-refractivity contribution in [1.82, 2.24) is 0 Å². The van der Waals surface area contributed by atoms with Gasteiger partial charge in [-0.25, -0.2) is 0 Å². The summed E-state index contributed by atoms with van der Waals surface area (Å²) >= 11 is 0. The number of aliphatic hydroxyl groups excluding tert-OH is 1. The standard InChI is InChI=1S/C39H66O5/c1-3-5-7-9-11-13-15-16-17-18-19-20-21-22-24-25-27-29-31-33-38(41)43-36-37(35-40)44-39(42)34-32-30-28-26-23-14-12-10-8-6-4-2/h11,13,16-17,19-20,22,24,27,29,37,40H,3-10,12,14-15,18,21,23,25-26,28,30-36H2,1-2H3. The number of aliphatic hydroxyl groups is 1. The minimum absolute atomic E-state index is 0.106. The van der Waals surface area contributed by atoms with Crippen molar-refractivity contribution < 1.29 is 24.2 Å². The summed E-state index contributed by atoms with van der Waals surface area (Å²) in [5, 5.41) is 9.50. The summed E-state index contributed by atoms with van der Waals surface area (Å²) in [6.45, 7) is 4.01. The van der Waals surface area contributed by atoms with Crippen LogP contribution in [0.5, 0.6) is 0 Å². The molecule has 0 fully saturated rings. The molecule has 0 radical (unpaired) electrons. The van der Waals surface area contributed by atoms with E-state index in [0.29, 0.717) is 12.8 Å². The van der Waals surface area contributed by atoms with Crippen LogP contribution >= 0.6 is 0 Å². The molecule has 0 spiro atoms. The molecule has 0 saturated carbocycles. The molecule has 0 aromatic heterocycles. The maximum atomic E-state index is 12.1. The highest BCUT2D eigenvalue weighted by atomic mass is 16.6. The van der Waals surface area contributed by atoms with Crippen molar-refractivity contribution in [3.05, 3.63) is 60.8 Å². The van der Waals surface area contributed by atoms with Crippen molar-refractivity contribution >= 4 is 11.9 Å². The number of unbranched alkanes of at least 4 members (excludes halogenated alkanes) is 13. The summed E-state index contributed by atoms with van der Waals surface area (Å²) in [5.41, 5.74) is 0. The van der Waals surface area contributed by atoms with Crippen LogP contribution in [0.25, 0.3) is 0 Å². The highest BCUT2D eigenvalue weighted by Gasteiger charge is 2.15. The second-order valence-electron chi connectivity index (χ2n) is 11.6. The maximum absolute atomic E-state index is 12.1. The largest absolute Gasteiger partial charge is 0.462 e. The van der Waals surface area contributed by atoms with Crippen LogP contribution in [-0.2, 0) is 19.1 Å². The molecule has 0 aromatic carbocycles. The lowest BCUT2D eigenvalue weighted by Crippen LogP contribution is -2.28. The molecule has 0 bridgehead atoms. The quantitative estimate of drug-likeness (QED) is 0.0478. The number of hydrogen-bond acceptors (Lipinski definition) is 5. The summed E-state index contributed by atoms with van der Waals surface area (Å²) in [5.74, 6) is -0.692. The number of rotatable bonds is 31. The number of ether oxygens (including phenoxy) is 2. The van der Waals surface area contributed by atoms with E-state index >= 15 is 0 Å². The number of carbonyl (C=O) groups is 2. The van der Waals surface area contributed by atoms with E-state index in [4.69, 9.17) is 9.47 Å². The van der Waals surface area contributed by atoms with Gasteiger partial charge in [0.05, 0.1) is 6.61 Å². The van der Waals surface area contributed by atoms with Gasteiger partial charge < -0.3 is 14.6 Å². The summed E-state index contributed by atoms with van der Waals surface area (Å²) in [7, 11) is 0. The molecule has 0 aliphatic heterocycles.